The zero-order chi connectivity index (χ0) is 17.4. The molecule has 0 aliphatic heterocycles. The summed E-state index contributed by atoms with van der Waals surface area (Å²) in [5.74, 6) is -0.0410. The summed E-state index contributed by atoms with van der Waals surface area (Å²) in [6.45, 7) is 2.37. The van der Waals surface area contributed by atoms with E-state index in [-0.39, 0.29) is 24.1 Å². The van der Waals surface area contributed by atoms with E-state index in [1.807, 2.05) is 31.2 Å². The van der Waals surface area contributed by atoms with Gasteiger partial charge in [0.2, 0.25) is 5.91 Å². The molecule has 2 N–H and O–H groups in total. The third-order valence-electron chi connectivity index (χ3n) is 4.64. The highest BCUT2D eigenvalue weighted by atomic mass is 32.1. The number of aromatic amines is 1. The van der Waals surface area contributed by atoms with Crippen LogP contribution in [-0.4, -0.2) is 20.4 Å². The molecule has 130 valence electrons. The summed E-state index contributed by atoms with van der Waals surface area (Å²) < 4.78 is 1.62. The predicted molar refractivity (Wildman–Crippen MR) is 97.8 cm³/mol. The van der Waals surface area contributed by atoms with Gasteiger partial charge >= 0.3 is 5.69 Å². The van der Waals surface area contributed by atoms with E-state index in [1.54, 1.807) is 15.9 Å². The van der Waals surface area contributed by atoms with Crippen LogP contribution in [0.25, 0.3) is 11.0 Å². The van der Waals surface area contributed by atoms with Crippen LogP contribution in [0.4, 0.5) is 0 Å². The lowest BCUT2D eigenvalue weighted by Crippen LogP contribution is -2.32. The predicted octanol–water partition coefficient (Wildman–Crippen LogP) is 2.68. The second-order valence-corrected chi connectivity index (χ2v) is 7.69. The summed E-state index contributed by atoms with van der Waals surface area (Å²) in [6.07, 6.45) is 3.32. The average Bonchev–Trinajstić information content (AvgIpc) is 3.12. The first kappa shape index (κ1) is 16.1. The number of carbonyl (C=O) groups excluding carboxylic acids is 1. The number of nitrogens with one attached hydrogen (secondary N) is 2. The van der Waals surface area contributed by atoms with Crippen LogP contribution >= 0.6 is 11.3 Å². The van der Waals surface area contributed by atoms with Gasteiger partial charge in [-0.1, -0.05) is 12.1 Å². The van der Waals surface area contributed by atoms with Crippen molar-refractivity contribution in [1.82, 2.24) is 19.9 Å². The SMILES string of the molecule is Cc1nc2c(s1)CCCC2NC(=O)CCn1c(=O)[nH]c2ccccc21. The smallest absolute Gasteiger partial charge is 0.326 e. The van der Waals surface area contributed by atoms with Gasteiger partial charge in [-0.25, -0.2) is 9.78 Å². The maximum Gasteiger partial charge on any atom is 0.326 e. The molecule has 0 radical (unpaired) electrons. The average molecular weight is 356 g/mol. The number of benzene rings is 1. The molecule has 0 bridgehead atoms. The molecule has 1 aliphatic carbocycles. The van der Waals surface area contributed by atoms with E-state index in [2.05, 4.69) is 15.3 Å². The molecule has 1 unspecified atom stereocenters. The summed E-state index contributed by atoms with van der Waals surface area (Å²) >= 11 is 1.72. The summed E-state index contributed by atoms with van der Waals surface area (Å²) in [6, 6.07) is 7.52. The lowest BCUT2D eigenvalue weighted by molar-refractivity contribution is -0.122. The number of nitrogens with zero attached hydrogens (tertiary/aromatic N) is 2. The first-order chi connectivity index (χ1) is 12.1. The van der Waals surface area contributed by atoms with E-state index in [4.69, 9.17) is 0 Å². The first-order valence-electron chi connectivity index (χ1n) is 8.55. The van der Waals surface area contributed by atoms with Crippen LogP contribution in [0, 0.1) is 6.92 Å². The number of hydrogen-bond donors (Lipinski definition) is 2. The van der Waals surface area contributed by atoms with Crippen molar-refractivity contribution < 1.29 is 4.79 Å². The van der Waals surface area contributed by atoms with Gasteiger partial charge in [-0.3, -0.25) is 9.36 Å². The van der Waals surface area contributed by atoms with E-state index in [0.29, 0.717) is 6.54 Å². The molecule has 1 atom stereocenters. The van der Waals surface area contributed by atoms with Gasteiger partial charge in [-0.05, 0) is 38.3 Å². The molecule has 2 aromatic heterocycles. The Labute approximate surface area is 148 Å². The quantitative estimate of drug-likeness (QED) is 0.754. The van der Waals surface area contributed by atoms with Crippen LogP contribution in [0.5, 0.6) is 0 Å². The molecule has 2 heterocycles. The zero-order valence-corrected chi connectivity index (χ0v) is 14.9. The number of aromatic nitrogens is 3. The number of hydrogen-bond acceptors (Lipinski definition) is 4. The number of para-hydroxylation sites is 2. The molecule has 0 fully saturated rings. The van der Waals surface area contributed by atoms with Gasteiger partial charge in [-0.15, -0.1) is 11.3 Å². The molecule has 3 aromatic rings. The number of fused-ring (bicyclic) bond motifs is 2. The number of carbonyl (C=O) groups is 1. The van der Waals surface area contributed by atoms with Crippen molar-refractivity contribution in [2.45, 2.75) is 45.2 Å². The minimum absolute atomic E-state index is 0.000825. The van der Waals surface area contributed by atoms with Gasteiger partial charge in [0, 0.05) is 17.8 Å². The minimum atomic E-state index is -0.177. The monoisotopic (exact) mass is 356 g/mol. The Bertz CT molecular complexity index is 985. The van der Waals surface area contributed by atoms with Gasteiger partial charge in [-0.2, -0.15) is 0 Å². The third-order valence-corrected chi connectivity index (χ3v) is 5.69. The molecule has 25 heavy (non-hydrogen) atoms. The summed E-state index contributed by atoms with van der Waals surface area (Å²) in [5.41, 5.74) is 2.48. The number of aryl methyl sites for hydroxylation is 3. The van der Waals surface area contributed by atoms with Crippen molar-refractivity contribution in [3.05, 3.63) is 50.3 Å². The van der Waals surface area contributed by atoms with Crippen LogP contribution in [0.2, 0.25) is 0 Å². The third kappa shape index (κ3) is 3.11. The van der Waals surface area contributed by atoms with Gasteiger partial charge in [0.05, 0.1) is 27.8 Å². The van der Waals surface area contributed by atoms with E-state index in [0.717, 1.165) is 41.0 Å². The molecule has 4 rings (SSSR count). The highest BCUT2D eigenvalue weighted by Crippen LogP contribution is 2.33. The maximum atomic E-state index is 12.4. The lowest BCUT2D eigenvalue weighted by atomic mass is 9.97. The van der Waals surface area contributed by atoms with Gasteiger partial charge in [0.1, 0.15) is 0 Å². The van der Waals surface area contributed by atoms with Crippen LogP contribution in [-0.2, 0) is 17.8 Å². The molecule has 0 spiro atoms. The van der Waals surface area contributed by atoms with E-state index in [9.17, 15) is 9.59 Å². The molecule has 0 saturated carbocycles. The first-order valence-corrected chi connectivity index (χ1v) is 9.36. The Kier molecular flexibility index (Phi) is 4.17. The molecule has 1 aliphatic rings. The zero-order valence-electron chi connectivity index (χ0n) is 14.0. The van der Waals surface area contributed by atoms with Crippen molar-refractivity contribution in [2.24, 2.45) is 0 Å². The van der Waals surface area contributed by atoms with Crippen LogP contribution in [0.1, 0.15) is 40.9 Å². The van der Waals surface area contributed by atoms with Crippen LogP contribution in [0.15, 0.2) is 29.1 Å². The summed E-state index contributed by atoms with van der Waals surface area (Å²) in [4.78, 5) is 33.2. The second-order valence-electron chi connectivity index (χ2n) is 6.40. The lowest BCUT2D eigenvalue weighted by Gasteiger charge is -2.22. The number of thiazole rings is 1. The van der Waals surface area contributed by atoms with Gasteiger partial charge in [0.15, 0.2) is 0 Å². The molecular weight excluding hydrogens is 336 g/mol. The topological polar surface area (TPSA) is 79.8 Å². The molecule has 7 heteroatoms. The Morgan fingerprint density at radius 2 is 2.28 bits per heavy atom. The molecule has 6 nitrogen and oxygen atoms in total. The maximum absolute atomic E-state index is 12.4. The van der Waals surface area contributed by atoms with Crippen molar-refractivity contribution in [3.8, 4) is 0 Å². The second kappa shape index (κ2) is 6.48. The Balaban J connectivity index is 1.45. The fourth-order valence-electron chi connectivity index (χ4n) is 3.49. The fraction of sp³-hybridized carbons (Fsp3) is 0.389. The van der Waals surface area contributed by atoms with E-state index in [1.165, 1.54) is 4.88 Å². The van der Waals surface area contributed by atoms with Gasteiger partial charge < -0.3 is 10.3 Å². The molecule has 1 aromatic carbocycles. The Morgan fingerprint density at radius 1 is 1.44 bits per heavy atom. The minimum Gasteiger partial charge on any atom is -0.348 e. The number of amides is 1. The Morgan fingerprint density at radius 3 is 3.16 bits per heavy atom. The largest absolute Gasteiger partial charge is 0.348 e. The van der Waals surface area contributed by atoms with E-state index >= 15 is 0 Å². The highest BCUT2D eigenvalue weighted by molar-refractivity contribution is 7.11. The Hall–Kier alpha value is -2.41. The standard InChI is InChI=1S/C18H20N4O2S/c1-11-19-17-13(6-4-8-15(17)25-11)20-16(23)9-10-22-14-7-3-2-5-12(14)21-18(22)24/h2-3,5,7,13H,4,6,8-10H2,1H3,(H,20,23)(H,21,24). The number of imidazole rings is 1. The molecule has 1 amide bonds. The van der Waals surface area contributed by atoms with Gasteiger partial charge in [0.25, 0.3) is 0 Å². The summed E-state index contributed by atoms with van der Waals surface area (Å²) in [7, 11) is 0. The molecular formula is C18H20N4O2S. The van der Waals surface area contributed by atoms with Crippen LogP contribution < -0.4 is 11.0 Å². The van der Waals surface area contributed by atoms with Crippen LogP contribution in [0.3, 0.4) is 0 Å². The normalized spacial score (nSPS) is 16.8. The fourth-order valence-corrected chi connectivity index (χ4v) is 4.53. The molecule has 0 saturated heterocycles. The van der Waals surface area contributed by atoms with Crippen molar-refractivity contribution in [3.63, 3.8) is 0 Å². The van der Waals surface area contributed by atoms with Crippen molar-refractivity contribution in [1.29, 1.82) is 0 Å². The van der Waals surface area contributed by atoms with E-state index < -0.39 is 0 Å². The highest BCUT2D eigenvalue weighted by Gasteiger charge is 2.25. The van der Waals surface area contributed by atoms with Crippen molar-refractivity contribution >= 4 is 28.3 Å². The van der Waals surface area contributed by atoms with Crippen molar-refractivity contribution in [2.75, 3.05) is 0 Å². The number of rotatable bonds is 4. The summed E-state index contributed by atoms with van der Waals surface area (Å²) in [5, 5.41) is 4.15. The number of H-pyrrole nitrogens is 1.